The summed E-state index contributed by atoms with van der Waals surface area (Å²) in [6.07, 6.45) is 3.94. The van der Waals surface area contributed by atoms with Crippen molar-refractivity contribution in [1.29, 1.82) is 0 Å². The van der Waals surface area contributed by atoms with Gasteiger partial charge in [-0.1, -0.05) is 11.3 Å². The van der Waals surface area contributed by atoms with E-state index in [-0.39, 0.29) is 10.9 Å². The van der Waals surface area contributed by atoms with E-state index in [0.717, 1.165) is 6.07 Å². The molecule has 106 valence electrons. The highest BCUT2D eigenvalue weighted by Gasteiger charge is 2.33. The van der Waals surface area contributed by atoms with Crippen molar-refractivity contribution in [1.82, 2.24) is 19.3 Å². The van der Waals surface area contributed by atoms with E-state index in [4.69, 9.17) is 0 Å². The van der Waals surface area contributed by atoms with Gasteiger partial charge < -0.3 is 0 Å². The highest BCUT2D eigenvalue weighted by molar-refractivity contribution is 7.89. The molecule has 0 aliphatic carbocycles. The zero-order valence-corrected chi connectivity index (χ0v) is 11.4. The van der Waals surface area contributed by atoms with Gasteiger partial charge in [0.15, 0.2) is 0 Å². The molecular weight excluding hydrogens is 283 g/mol. The Kier molecular flexibility index (Phi) is 3.27. The number of aromatic nitrogens is 3. The molecule has 1 aromatic heterocycles. The molecule has 2 heterocycles. The molecule has 0 N–H and O–H groups in total. The van der Waals surface area contributed by atoms with Crippen molar-refractivity contribution in [2.45, 2.75) is 17.4 Å². The van der Waals surface area contributed by atoms with Crippen LogP contribution in [-0.4, -0.2) is 40.8 Å². The summed E-state index contributed by atoms with van der Waals surface area (Å²) in [7, 11) is -3.65. The highest BCUT2D eigenvalue weighted by Crippen LogP contribution is 2.26. The van der Waals surface area contributed by atoms with Crippen LogP contribution in [0.2, 0.25) is 0 Å². The molecule has 1 aromatic carbocycles. The van der Waals surface area contributed by atoms with Gasteiger partial charge in [0.05, 0.1) is 17.1 Å². The summed E-state index contributed by atoms with van der Waals surface area (Å²) < 4.78 is 41.0. The van der Waals surface area contributed by atoms with Crippen LogP contribution in [-0.2, 0) is 10.0 Å². The first kappa shape index (κ1) is 13.2. The SMILES string of the molecule is O=S(=O)(c1cccc(F)c1)N1CCC(n2ccnn2)C1. The lowest BCUT2D eigenvalue weighted by molar-refractivity contribution is 0.428. The van der Waals surface area contributed by atoms with Crippen molar-refractivity contribution < 1.29 is 12.8 Å². The number of rotatable bonds is 3. The average Bonchev–Trinajstić information content (AvgIpc) is 3.10. The van der Waals surface area contributed by atoms with Crippen molar-refractivity contribution in [3.8, 4) is 0 Å². The quantitative estimate of drug-likeness (QED) is 0.849. The van der Waals surface area contributed by atoms with Crippen molar-refractivity contribution in [2.24, 2.45) is 0 Å². The highest BCUT2D eigenvalue weighted by atomic mass is 32.2. The van der Waals surface area contributed by atoms with Crippen molar-refractivity contribution in [2.75, 3.05) is 13.1 Å². The third-order valence-electron chi connectivity index (χ3n) is 3.38. The van der Waals surface area contributed by atoms with Crippen molar-refractivity contribution >= 4 is 10.0 Å². The molecule has 1 unspecified atom stereocenters. The Labute approximate surface area is 115 Å². The minimum atomic E-state index is -3.65. The van der Waals surface area contributed by atoms with Crippen LogP contribution in [0.25, 0.3) is 0 Å². The van der Waals surface area contributed by atoms with Gasteiger partial charge in [-0.15, -0.1) is 5.10 Å². The van der Waals surface area contributed by atoms with E-state index < -0.39 is 15.8 Å². The average molecular weight is 296 g/mol. The monoisotopic (exact) mass is 296 g/mol. The minimum absolute atomic E-state index is 0.0169. The molecule has 1 fully saturated rings. The normalized spacial score (nSPS) is 20.4. The molecule has 0 bridgehead atoms. The van der Waals surface area contributed by atoms with Crippen molar-refractivity contribution in [3.05, 3.63) is 42.5 Å². The Bertz CT molecular complexity index is 702. The summed E-state index contributed by atoms with van der Waals surface area (Å²) in [5.41, 5.74) is 0. The summed E-state index contributed by atoms with van der Waals surface area (Å²) in [6, 6.07) is 5.04. The van der Waals surface area contributed by atoms with Gasteiger partial charge in [-0.05, 0) is 24.6 Å². The Hall–Kier alpha value is -1.80. The molecule has 6 nitrogen and oxygen atoms in total. The molecule has 3 rings (SSSR count). The second-order valence-corrected chi connectivity index (χ2v) is 6.58. The molecule has 20 heavy (non-hydrogen) atoms. The standard InChI is InChI=1S/C12H13FN4O2S/c13-10-2-1-3-12(8-10)20(18,19)16-6-4-11(9-16)17-7-5-14-15-17/h1-3,5,7-8,11H,4,6,9H2. The topological polar surface area (TPSA) is 68.1 Å². The predicted molar refractivity (Wildman–Crippen MR) is 68.8 cm³/mol. The zero-order chi connectivity index (χ0) is 14.2. The van der Waals surface area contributed by atoms with Crippen LogP contribution in [0.15, 0.2) is 41.6 Å². The van der Waals surface area contributed by atoms with Crippen LogP contribution in [0.4, 0.5) is 4.39 Å². The second-order valence-electron chi connectivity index (χ2n) is 4.65. The Morgan fingerprint density at radius 2 is 2.20 bits per heavy atom. The minimum Gasteiger partial charge on any atom is -0.248 e. The van der Waals surface area contributed by atoms with Gasteiger partial charge in [0.1, 0.15) is 5.82 Å². The molecule has 1 atom stereocenters. The maximum atomic E-state index is 13.2. The molecule has 8 heteroatoms. The number of hydrogen-bond donors (Lipinski definition) is 0. The van der Waals surface area contributed by atoms with Gasteiger partial charge in [-0.3, -0.25) is 0 Å². The summed E-state index contributed by atoms with van der Waals surface area (Å²) in [6.45, 7) is 0.714. The lowest BCUT2D eigenvalue weighted by atomic mass is 10.3. The Morgan fingerprint density at radius 3 is 2.90 bits per heavy atom. The Balaban J connectivity index is 1.83. The van der Waals surface area contributed by atoms with Gasteiger partial charge in [-0.25, -0.2) is 17.5 Å². The Morgan fingerprint density at radius 1 is 1.35 bits per heavy atom. The molecule has 1 aliphatic heterocycles. The first-order chi connectivity index (χ1) is 9.57. The number of sulfonamides is 1. The maximum Gasteiger partial charge on any atom is 0.243 e. The summed E-state index contributed by atoms with van der Waals surface area (Å²) in [5.74, 6) is -0.557. The lowest BCUT2D eigenvalue weighted by Gasteiger charge is -2.16. The van der Waals surface area contributed by atoms with Crippen LogP contribution in [0.3, 0.4) is 0 Å². The molecule has 0 saturated carbocycles. The lowest BCUT2D eigenvalue weighted by Crippen LogP contribution is -2.29. The first-order valence-corrected chi connectivity index (χ1v) is 7.63. The third-order valence-corrected chi connectivity index (χ3v) is 5.24. The van der Waals surface area contributed by atoms with Gasteiger partial charge in [0.2, 0.25) is 10.0 Å². The summed E-state index contributed by atoms with van der Waals surface area (Å²) >= 11 is 0. The van der Waals surface area contributed by atoms with Crippen LogP contribution >= 0.6 is 0 Å². The maximum absolute atomic E-state index is 13.2. The smallest absolute Gasteiger partial charge is 0.243 e. The number of halogens is 1. The van der Waals surface area contributed by atoms with E-state index in [1.807, 2.05) is 0 Å². The molecule has 0 spiro atoms. The van der Waals surface area contributed by atoms with E-state index in [2.05, 4.69) is 10.3 Å². The fraction of sp³-hybridized carbons (Fsp3) is 0.333. The van der Waals surface area contributed by atoms with Crippen molar-refractivity contribution in [3.63, 3.8) is 0 Å². The molecule has 0 radical (unpaired) electrons. The van der Waals surface area contributed by atoms with Crippen LogP contribution in [0.1, 0.15) is 12.5 Å². The molecule has 0 amide bonds. The van der Waals surface area contributed by atoms with Gasteiger partial charge in [0.25, 0.3) is 0 Å². The van der Waals surface area contributed by atoms with Gasteiger partial charge in [0, 0.05) is 19.3 Å². The van der Waals surface area contributed by atoms with Crippen LogP contribution < -0.4 is 0 Å². The van der Waals surface area contributed by atoms with E-state index in [1.165, 1.54) is 22.5 Å². The van der Waals surface area contributed by atoms with E-state index in [9.17, 15) is 12.8 Å². The van der Waals surface area contributed by atoms with E-state index in [1.54, 1.807) is 17.1 Å². The molecular formula is C12H13FN4O2S. The number of nitrogens with zero attached hydrogens (tertiary/aromatic N) is 4. The van der Waals surface area contributed by atoms with Gasteiger partial charge >= 0.3 is 0 Å². The zero-order valence-electron chi connectivity index (χ0n) is 10.6. The van der Waals surface area contributed by atoms with Crippen LogP contribution in [0, 0.1) is 5.82 Å². The number of hydrogen-bond acceptors (Lipinski definition) is 4. The third kappa shape index (κ3) is 2.32. The van der Waals surface area contributed by atoms with E-state index >= 15 is 0 Å². The fourth-order valence-corrected chi connectivity index (χ4v) is 3.86. The summed E-state index contributed by atoms with van der Waals surface area (Å²) in [4.78, 5) is -0.0169. The molecule has 1 aliphatic rings. The van der Waals surface area contributed by atoms with Gasteiger partial charge in [-0.2, -0.15) is 4.31 Å². The summed E-state index contributed by atoms with van der Waals surface area (Å²) in [5, 5.41) is 7.61. The van der Waals surface area contributed by atoms with Crippen LogP contribution in [0.5, 0.6) is 0 Å². The molecule has 2 aromatic rings. The second kappa shape index (κ2) is 4.95. The predicted octanol–water partition coefficient (Wildman–Crippen LogP) is 1.05. The first-order valence-electron chi connectivity index (χ1n) is 6.19. The fourth-order valence-electron chi connectivity index (χ4n) is 2.33. The molecule has 1 saturated heterocycles. The largest absolute Gasteiger partial charge is 0.248 e. The van der Waals surface area contributed by atoms with E-state index in [0.29, 0.717) is 19.5 Å². The number of benzene rings is 1.